The van der Waals surface area contributed by atoms with E-state index in [1.807, 2.05) is 0 Å². The van der Waals surface area contributed by atoms with E-state index in [9.17, 15) is 29.4 Å². The van der Waals surface area contributed by atoms with E-state index in [1.165, 1.54) is 91.3 Å². The second-order valence-electron chi connectivity index (χ2n) is 16.6. The van der Waals surface area contributed by atoms with E-state index in [0.717, 1.165) is 16.7 Å². The van der Waals surface area contributed by atoms with E-state index in [1.54, 1.807) is 173 Å². The van der Waals surface area contributed by atoms with Crippen LogP contribution in [0.2, 0.25) is 0 Å². The van der Waals surface area contributed by atoms with Crippen molar-refractivity contribution in [3.8, 4) is 51.7 Å². The molecule has 0 unspecified atom stereocenters. The standard InChI is InChI=1S/C34H34O9.C31H28O6/c1-38-28-16-10-22(19-31(28)41-4)7-13-25(35)34(26(36)14-8-23-11-17-29(39-2)32(20-23)42-5)27(37)15-9-24-12-18-30(40-3)33(21-24)43-6;1-35-25-13-4-22(5-14-25)10-19-28(32)31(29(33)20-11-23-6-15-26(36-2)16-7-23)30(34)21-12-24-8-17-27(37-3)18-9-24/h7-21,35H,1-6H3;4-21,32H,1-3H3/b13-7+,14-8+,15-9+;19-10+,20-11+,21-12+. The van der Waals surface area contributed by atoms with Crippen molar-refractivity contribution >= 4 is 59.6 Å². The first-order valence-electron chi connectivity index (χ1n) is 24.4. The van der Waals surface area contributed by atoms with Crippen molar-refractivity contribution in [2.75, 3.05) is 64.0 Å². The highest BCUT2D eigenvalue weighted by Gasteiger charge is 2.20. The summed E-state index contributed by atoms with van der Waals surface area (Å²) in [6.45, 7) is 0. The summed E-state index contributed by atoms with van der Waals surface area (Å²) < 4.78 is 47.2. The van der Waals surface area contributed by atoms with Crippen molar-refractivity contribution in [2.45, 2.75) is 0 Å². The summed E-state index contributed by atoms with van der Waals surface area (Å²) in [5.41, 5.74) is 3.35. The fraction of sp³-hybridized carbons (Fsp3) is 0.138. The fourth-order valence-corrected chi connectivity index (χ4v) is 7.30. The van der Waals surface area contributed by atoms with Crippen molar-refractivity contribution in [3.05, 3.63) is 220 Å². The Hall–Kier alpha value is -10.3. The van der Waals surface area contributed by atoms with E-state index < -0.39 is 40.2 Å². The van der Waals surface area contributed by atoms with Crippen LogP contribution < -0.4 is 42.6 Å². The Morgan fingerprint density at radius 3 is 0.725 bits per heavy atom. The molecule has 2 N–H and O–H groups in total. The molecule has 0 saturated heterocycles. The van der Waals surface area contributed by atoms with Crippen LogP contribution in [0, 0.1) is 0 Å². The van der Waals surface area contributed by atoms with E-state index in [0.29, 0.717) is 68.4 Å². The number of carbonyl (C=O) groups excluding carboxylic acids is 4. The number of benzene rings is 6. The highest BCUT2D eigenvalue weighted by atomic mass is 16.5. The molecule has 0 aromatic heterocycles. The predicted octanol–water partition coefficient (Wildman–Crippen LogP) is 12.2. The Morgan fingerprint density at radius 2 is 0.487 bits per heavy atom. The molecule has 15 nitrogen and oxygen atoms in total. The second kappa shape index (κ2) is 31.1. The van der Waals surface area contributed by atoms with Crippen LogP contribution in [0.1, 0.15) is 33.4 Å². The van der Waals surface area contributed by atoms with Gasteiger partial charge in [-0.05, 0) is 143 Å². The Balaban J connectivity index is 0.000000297. The maximum atomic E-state index is 13.3. The predicted molar refractivity (Wildman–Crippen MR) is 311 cm³/mol. The summed E-state index contributed by atoms with van der Waals surface area (Å²) in [6.07, 6.45) is 16.9. The number of aliphatic hydroxyl groups excluding tert-OH is 2. The van der Waals surface area contributed by atoms with Gasteiger partial charge in [-0.1, -0.05) is 91.1 Å². The summed E-state index contributed by atoms with van der Waals surface area (Å²) in [4.78, 5) is 52.8. The van der Waals surface area contributed by atoms with E-state index in [2.05, 4.69) is 0 Å². The smallest absolute Gasteiger partial charge is 0.193 e. The number of carbonyl (C=O) groups is 4. The molecule has 15 heteroatoms. The van der Waals surface area contributed by atoms with Crippen LogP contribution in [0.15, 0.2) is 187 Å². The molecule has 0 fully saturated rings. The minimum Gasteiger partial charge on any atom is -0.507 e. The molecule has 412 valence electrons. The lowest BCUT2D eigenvalue weighted by atomic mass is 10.0. The lowest BCUT2D eigenvalue weighted by Gasteiger charge is -2.08. The van der Waals surface area contributed by atoms with Crippen molar-refractivity contribution in [3.63, 3.8) is 0 Å². The number of hydrogen-bond acceptors (Lipinski definition) is 15. The maximum absolute atomic E-state index is 13.3. The Bertz CT molecular complexity index is 3200. The highest BCUT2D eigenvalue weighted by Crippen LogP contribution is 2.31. The quantitative estimate of drug-likeness (QED) is 0.0181. The topological polar surface area (TPSA) is 192 Å². The first kappa shape index (κ1) is 60.6. The molecule has 80 heavy (non-hydrogen) atoms. The molecule has 0 amide bonds. The van der Waals surface area contributed by atoms with Crippen LogP contribution in [0.4, 0.5) is 0 Å². The van der Waals surface area contributed by atoms with E-state index in [-0.39, 0.29) is 5.57 Å². The van der Waals surface area contributed by atoms with Gasteiger partial charge in [0.05, 0.1) is 64.0 Å². The van der Waals surface area contributed by atoms with Gasteiger partial charge in [0.25, 0.3) is 0 Å². The van der Waals surface area contributed by atoms with Crippen molar-refractivity contribution in [2.24, 2.45) is 0 Å². The van der Waals surface area contributed by atoms with Crippen LogP contribution in [-0.2, 0) is 19.2 Å². The van der Waals surface area contributed by atoms with Gasteiger partial charge < -0.3 is 52.8 Å². The number of rotatable bonds is 25. The molecule has 6 rings (SSSR count). The van der Waals surface area contributed by atoms with Gasteiger partial charge in [-0.2, -0.15) is 0 Å². The molecule has 6 aromatic carbocycles. The molecule has 0 spiro atoms. The molecule has 6 aromatic rings. The first-order valence-corrected chi connectivity index (χ1v) is 24.4. The Morgan fingerprint density at radius 1 is 0.275 bits per heavy atom. The highest BCUT2D eigenvalue weighted by molar-refractivity contribution is 6.30. The molecular formula is C65H62O15. The maximum Gasteiger partial charge on any atom is 0.193 e. The zero-order valence-corrected chi connectivity index (χ0v) is 45.8. The van der Waals surface area contributed by atoms with Gasteiger partial charge in [-0.3, -0.25) is 19.2 Å². The third-order valence-corrected chi connectivity index (χ3v) is 11.6. The molecule has 0 aliphatic carbocycles. The third kappa shape index (κ3) is 17.6. The minimum atomic E-state index is -0.703. The summed E-state index contributed by atoms with van der Waals surface area (Å²) in [5, 5.41) is 21.8. The lowest BCUT2D eigenvalue weighted by molar-refractivity contribution is -0.118. The van der Waals surface area contributed by atoms with Crippen LogP contribution >= 0.6 is 0 Å². The van der Waals surface area contributed by atoms with Gasteiger partial charge in [0.2, 0.25) is 0 Å². The lowest BCUT2D eigenvalue weighted by Crippen LogP contribution is -2.11. The SMILES string of the molecule is COc1ccc(/C=C/C(=O)C(C(=O)/C=C/c2ccc(OC)c(OC)c2)=C(O)/C=C/c2ccc(OC)c(OC)c2)cc1OC.COc1ccc(/C=C/C(=O)C(C(=O)/C=C/c2ccc(OC)cc2)=C(O)/C=C/c2ccc(OC)cc2)cc1. The van der Waals surface area contributed by atoms with Gasteiger partial charge in [-0.15, -0.1) is 0 Å². The summed E-state index contributed by atoms with van der Waals surface area (Å²) in [5.74, 6) is 1.46. The summed E-state index contributed by atoms with van der Waals surface area (Å²) in [7, 11) is 13.8. The monoisotopic (exact) mass is 1080 g/mol. The zero-order valence-electron chi connectivity index (χ0n) is 45.8. The number of methoxy groups -OCH3 is 9. The van der Waals surface area contributed by atoms with Crippen LogP contribution in [0.3, 0.4) is 0 Å². The second-order valence-corrected chi connectivity index (χ2v) is 16.6. The number of allylic oxidation sites excluding steroid dienone is 8. The van der Waals surface area contributed by atoms with Gasteiger partial charge in [0.15, 0.2) is 57.6 Å². The molecule has 0 bridgehead atoms. The normalized spacial score (nSPS) is 11.1. The molecule has 0 aliphatic rings. The number of hydrogen-bond donors (Lipinski definition) is 2. The zero-order chi connectivity index (χ0) is 58.0. The Kier molecular flexibility index (Phi) is 23.5. The van der Waals surface area contributed by atoms with Crippen LogP contribution in [-0.4, -0.2) is 97.3 Å². The summed E-state index contributed by atoms with van der Waals surface area (Å²) in [6, 6.07) is 36.6. The largest absolute Gasteiger partial charge is 0.507 e. The first-order chi connectivity index (χ1) is 38.7. The number of ether oxygens (including phenoxy) is 9. The number of ketones is 4. The molecule has 0 heterocycles. The summed E-state index contributed by atoms with van der Waals surface area (Å²) >= 11 is 0. The average molecular weight is 1080 g/mol. The molecular weight excluding hydrogens is 1020 g/mol. The van der Waals surface area contributed by atoms with Gasteiger partial charge in [-0.25, -0.2) is 0 Å². The van der Waals surface area contributed by atoms with E-state index in [4.69, 9.17) is 42.6 Å². The number of aliphatic hydroxyl groups is 2. The minimum absolute atomic E-state index is 0.348. The Labute approximate surface area is 465 Å². The van der Waals surface area contributed by atoms with Crippen molar-refractivity contribution < 1.29 is 72.0 Å². The van der Waals surface area contributed by atoms with Crippen LogP contribution in [0.25, 0.3) is 36.5 Å². The van der Waals surface area contributed by atoms with Gasteiger partial charge >= 0.3 is 0 Å². The van der Waals surface area contributed by atoms with Crippen molar-refractivity contribution in [1.29, 1.82) is 0 Å². The molecule has 0 aliphatic heterocycles. The van der Waals surface area contributed by atoms with Crippen molar-refractivity contribution in [1.82, 2.24) is 0 Å². The molecule has 0 radical (unpaired) electrons. The van der Waals surface area contributed by atoms with Crippen LogP contribution in [0.5, 0.6) is 51.7 Å². The molecule has 0 saturated carbocycles. The van der Waals surface area contributed by atoms with E-state index >= 15 is 0 Å². The van der Waals surface area contributed by atoms with Gasteiger partial charge in [0.1, 0.15) is 39.9 Å². The third-order valence-electron chi connectivity index (χ3n) is 11.6. The van der Waals surface area contributed by atoms with Gasteiger partial charge in [0, 0.05) is 0 Å². The molecule has 0 atom stereocenters. The average Bonchev–Trinajstić information content (AvgIpc) is 3.51. The fourth-order valence-electron chi connectivity index (χ4n) is 7.30.